The number of H-pyrrole nitrogens is 1. The van der Waals surface area contributed by atoms with Gasteiger partial charge in [-0.3, -0.25) is 4.79 Å². The summed E-state index contributed by atoms with van der Waals surface area (Å²) in [5, 5.41) is 5.81. The van der Waals surface area contributed by atoms with Gasteiger partial charge in [-0.1, -0.05) is 69.5 Å². The first-order valence-corrected chi connectivity index (χ1v) is 14.0. The summed E-state index contributed by atoms with van der Waals surface area (Å²) in [6, 6.07) is 24.9. The summed E-state index contributed by atoms with van der Waals surface area (Å²) >= 11 is 16.1. The highest BCUT2D eigenvalue weighted by Gasteiger charge is 2.21. The SMILES string of the molecule is CN(C)c1ccc2[nH]c(C(=O)NN=Cc3cc(Br)ccc3OC(=O)c3ccccc3Cl)c(-c3ccccc3Cl)c2c1. The minimum absolute atomic E-state index is 0.233. The van der Waals surface area contributed by atoms with Crippen LogP contribution in [0.2, 0.25) is 10.0 Å². The number of hydrogen-bond donors (Lipinski definition) is 2. The maximum absolute atomic E-state index is 13.5. The lowest BCUT2D eigenvalue weighted by Gasteiger charge is -2.13. The van der Waals surface area contributed by atoms with E-state index in [0.717, 1.165) is 21.1 Å². The molecule has 206 valence electrons. The van der Waals surface area contributed by atoms with E-state index in [0.29, 0.717) is 27.4 Å². The Balaban J connectivity index is 1.46. The molecule has 0 radical (unpaired) electrons. The molecule has 1 amide bonds. The normalized spacial score (nSPS) is 11.1. The highest BCUT2D eigenvalue weighted by Crippen LogP contribution is 2.38. The van der Waals surface area contributed by atoms with E-state index >= 15 is 0 Å². The van der Waals surface area contributed by atoms with Gasteiger partial charge in [0.1, 0.15) is 11.4 Å². The van der Waals surface area contributed by atoms with Crippen molar-refractivity contribution in [2.45, 2.75) is 0 Å². The minimum atomic E-state index is -0.615. The van der Waals surface area contributed by atoms with Crippen LogP contribution >= 0.6 is 39.1 Å². The van der Waals surface area contributed by atoms with Gasteiger partial charge in [0.2, 0.25) is 0 Å². The molecule has 5 aromatic rings. The largest absolute Gasteiger partial charge is 0.422 e. The smallest absolute Gasteiger partial charge is 0.345 e. The summed E-state index contributed by atoms with van der Waals surface area (Å²) < 4.78 is 6.33. The Morgan fingerprint density at radius 2 is 1.68 bits per heavy atom. The van der Waals surface area contributed by atoms with E-state index in [2.05, 4.69) is 31.4 Å². The van der Waals surface area contributed by atoms with Gasteiger partial charge in [0.05, 0.1) is 16.8 Å². The Bertz CT molecular complexity index is 1820. The number of hydrazone groups is 1. The molecule has 0 unspecified atom stereocenters. The van der Waals surface area contributed by atoms with E-state index in [-0.39, 0.29) is 16.3 Å². The van der Waals surface area contributed by atoms with Gasteiger partial charge < -0.3 is 14.6 Å². The maximum atomic E-state index is 13.5. The molecule has 5 rings (SSSR count). The lowest BCUT2D eigenvalue weighted by molar-refractivity contribution is 0.0734. The molecule has 0 aliphatic carbocycles. The fourth-order valence-electron chi connectivity index (χ4n) is 4.28. The molecule has 0 aliphatic heterocycles. The summed E-state index contributed by atoms with van der Waals surface area (Å²) in [6.07, 6.45) is 1.40. The number of aromatic amines is 1. The van der Waals surface area contributed by atoms with Crippen molar-refractivity contribution in [2.24, 2.45) is 5.10 Å². The van der Waals surface area contributed by atoms with Crippen molar-refractivity contribution >= 4 is 73.8 Å². The molecule has 0 atom stereocenters. The quantitative estimate of drug-likeness (QED) is 0.0811. The van der Waals surface area contributed by atoms with Gasteiger partial charge in [-0.2, -0.15) is 5.10 Å². The van der Waals surface area contributed by atoms with Gasteiger partial charge in [0.25, 0.3) is 5.91 Å². The van der Waals surface area contributed by atoms with Crippen molar-refractivity contribution in [1.82, 2.24) is 10.4 Å². The zero-order valence-corrected chi connectivity index (χ0v) is 25.0. The number of ether oxygens (including phenoxy) is 1. The van der Waals surface area contributed by atoms with Crippen molar-refractivity contribution in [3.63, 3.8) is 0 Å². The first-order valence-electron chi connectivity index (χ1n) is 12.4. The van der Waals surface area contributed by atoms with Crippen LogP contribution < -0.4 is 15.1 Å². The van der Waals surface area contributed by atoms with E-state index in [1.807, 2.05) is 55.4 Å². The van der Waals surface area contributed by atoms with E-state index in [9.17, 15) is 9.59 Å². The van der Waals surface area contributed by atoms with E-state index < -0.39 is 11.9 Å². The lowest BCUT2D eigenvalue weighted by Crippen LogP contribution is -2.19. The number of anilines is 1. The van der Waals surface area contributed by atoms with Crippen LogP contribution in [-0.2, 0) is 0 Å². The lowest BCUT2D eigenvalue weighted by atomic mass is 10.0. The summed E-state index contributed by atoms with van der Waals surface area (Å²) in [5.74, 6) is -0.839. The number of fused-ring (bicyclic) bond motifs is 1. The molecule has 2 N–H and O–H groups in total. The van der Waals surface area contributed by atoms with Crippen molar-refractivity contribution in [3.8, 4) is 16.9 Å². The van der Waals surface area contributed by atoms with Crippen molar-refractivity contribution in [2.75, 3.05) is 19.0 Å². The molecule has 4 aromatic carbocycles. The molecular weight excluding hydrogens is 627 g/mol. The molecule has 0 aliphatic rings. The molecule has 0 saturated carbocycles. The van der Waals surface area contributed by atoms with Crippen LogP contribution in [0.1, 0.15) is 26.4 Å². The molecule has 1 heterocycles. The average molecular weight is 650 g/mol. The van der Waals surface area contributed by atoms with Crippen LogP contribution in [0, 0.1) is 0 Å². The summed E-state index contributed by atoms with van der Waals surface area (Å²) in [6.45, 7) is 0. The topological polar surface area (TPSA) is 86.8 Å². The number of rotatable bonds is 7. The molecule has 7 nitrogen and oxygen atoms in total. The maximum Gasteiger partial charge on any atom is 0.345 e. The van der Waals surface area contributed by atoms with Crippen LogP contribution in [0.25, 0.3) is 22.0 Å². The Labute approximate surface area is 254 Å². The summed E-state index contributed by atoms with van der Waals surface area (Å²) in [7, 11) is 3.90. The zero-order valence-electron chi connectivity index (χ0n) is 21.9. The number of esters is 1. The third kappa shape index (κ3) is 6.15. The fraction of sp³-hybridized carbons (Fsp3) is 0.0645. The first-order chi connectivity index (χ1) is 19.7. The second-order valence-corrected chi connectivity index (χ2v) is 11.0. The number of halogens is 3. The molecule has 41 heavy (non-hydrogen) atoms. The molecular formula is C31H23BrCl2N4O3. The number of carbonyl (C=O) groups excluding carboxylic acids is 2. The third-order valence-corrected chi connectivity index (χ3v) is 7.46. The van der Waals surface area contributed by atoms with E-state index in [1.54, 1.807) is 48.5 Å². The second-order valence-electron chi connectivity index (χ2n) is 9.23. The van der Waals surface area contributed by atoms with Crippen molar-refractivity contribution in [3.05, 3.63) is 116 Å². The number of hydrogen-bond acceptors (Lipinski definition) is 5. The van der Waals surface area contributed by atoms with E-state index in [1.165, 1.54) is 6.21 Å². The zero-order chi connectivity index (χ0) is 29.1. The number of carbonyl (C=O) groups is 2. The van der Waals surface area contributed by atoms with Gasteiger partial charge in [-0.15, -0.1) is 0 Å². The van der Waals surface area contributed by atoms with Crippen LogP contribution in [-0.4, -0.2) is 37.2 Å². The molecule has 0 bridgehead atoms. The molecule has 0 saturated heterocycles. The predicted octanol–water partition coefficient (Wildman–Crippen LogP) is 7.95. The summed E-state index contributed by atoms with van der Waals surface area (Å²) in [4.78, 5) is 31.4. The highest BCUT2D eigenvalue weighted by molar-refractivity contribution is 9.10. The van der Waals surface area contributed by atoms with Gasteiger partial charge in [-0.05, 0) is 54.6 Å². The van der Waals surface area contributed by atoms with Crippen molar-refractivity contribution in [1.29, 1.82) is 0 Å². The Hall–Kier alpha value is -4.11. The first kappa shape index (κ1) is 28.4. The van der Waals surface area contributed by atoms with Gasteiger partial charge >= 0.3 is 5.97 Å². The molecule has 1 aromatic heterocycles. The highest BCUT2D eigenvalue weighted by atomic mass is 79.9. The van der Waals surface area contributed by atoms with Gasteiger partial charge in [0.15, 0.2) is 0 Å². The monoisotopic (exact) mass is 648 g/mol. The average Bonchev–Trinajstić information content (AvgIpc) is 3.33. The number of nitrogens with zero attached hydrogens (tertiary/aromatic N) is 2. The summed E-state index contributed by atoms with van der Waals surface area (Å²) in [5.41, 5.74) is 6.71. The molecule has 0 spiro atoms. The minimum Gasteiger partial charge on any atom is -0.422 e. The molecule has 10 heteroatoms. The Kier molecular flexibility index (Phi) is 8.44. The number of aromatic nitrogens is 1. The Morgan fingerprint density at radius 1 is 0.951 bits per heavy atom. The number of nitrogens with one attached hydrogen (secondary N) is 2. The van der Waals surface area contributed by atoms with Crippen LogP contribution in [0.5, 0.6) is 5.75 Å². The number of amides is 1. The van der Waals surface area contributed by atoms with Crippen LogP contribution in [0.3, 0.4) is 0 Å². The predicted molar refractivity (Wildman–Crippen MR) is 169 cm³/mol. The van der Waals surface area contributed by atoms with Gasteiger partial charge in [-0.25, -0.2) is 10.2 Å². The third-order valence-electron chi connectivity index (χ3n) is 6.31. The number of benzene rings is 4. The van der Waals surface area contributed by atoms with Crippen LogP contribution in [0.4, 0.5) is 5.69 Å². The second kappa shape index (κ2) is 12.2. The fourth-order valence-corrected chi connectivity index (χ4v) is 5.11. The van der Waals surface area contributed by atoms with Crippen molar-refractivity contribution < 1.29 is 14.3 Å². The van der Waals surface area contributed by atoms with Gasteiger partial charge in [0, 0.05) is 56.9 Å². The Morgan fingerprint density at radius 3 is 2.41 bits per heavy atom. The standard InChI is InChI=1S/C31H23BrCl2N4O3/c1-38(2)20-12-13-26-23(16-20)28(21-7-3-5-9-24(21)33)29(36-26)30(39)37-35-17-18-15-19(32)11-14-27(18)41-31(40)22-8-4-6-10-25(22)34/h3-17,36H,1-2H3,(H,37,39). The van der Waals surface area contributed by atoms with E-state index in [4.69, 9.17) is 27.9 Å². The molecule has 0 fully saturated rings. The van der Waals surface area contributed by atoms with Crippen LogP contribution in [0.15, 0.2) is 94.5 Å².